The molecule has 0 saturated heterocycles. The molecule has 0 aliphatic rings. The van der Waals surface area contributed by atoms with Gasteiger partial charge in [0.1, 0.15) is 11.6 Å². The molecule has 0 unspecified atom stereocenters. The molecule has 3 rings (SSSR count). The van der Waals surface area contributed by atoms with Crippen LogP contribution < -0.4 is 4.74 Å². The maximum atomic E-state index is 13.0. The highest BCUT2D eigenvalue weighted by Crippen LogP contribution is 2.19. The van der Waals surface area contributed by atoms with Gasteiger partial charge >= 0.3 is 0 Å². The molecule has 3 aromatic rings. The Morgan fingerprint density at radius 1 is 1.10 bits per heavy atom. The highest BCUT2D eigenvalue weighted by atomic mass is 32.2. The molecule has 1 aromatic heterocycles. The predicted octanol–water partition coefficient (Wildman–Crippen LogP) is 3.56. The molecule has 0 atom stereocenters. The average molecular weight is 432 g/mol. The highest BCUT2D eigenvalue weighted by molar-refractivity contribution is 7.91. The Hall–Kier alpha value is -2.71. The summed E-state index contributed by atoms with van der Waals surface area (Å²) < 4.78 is 43.2. The number of nitrogens with one attached hydrogen (secondary N) is 1. The van der Waals surface area contributed by atoms with Gasteiger partial charge in [-0.1, -0.05) is 6.07 Å². The fourth-order valence-corrected chi connectivity index (χ4v) is 4.47. The molecular formula is C22H26FN3O3S. The number of H-pyrrole nitrogens is 1. The second-order valence-electron chi connectivity index (χ2n) is 7.19. The molecular weight excluding hydrogens is 405 g/mol. The van der Waals surface area contributed by atoms with E-state index in [9.17, 15) is 12.8 Å². The standard InChI is InChI=1S/C22H26FN3O3S/c1-26(13-14-30(27,28)21-7-3-6-20(16-21)29-2)12-4-5-19-15-22(25-24-19)17-8-10-18(23)11-9-17/h3,6-11,15-16H,4-5,12-14H2,1-2H3,(H,24,25). The van der Waals surface area contributed by atoms with Crippen molar-refractivity contribution in [2.75, 3.05) is 33.0 Å². The molecule has 2 aromatic carbocycles. The monoisotopic (exact) mass is 431 g/mol. The molecule has 0 bridgehead atoms. The fourth-order valence-electron chi connectivity index (χ4n) is 3.10. The van der Waals surface area contributed by atoms with Gasteiger partial charge in [0.15, 0.2) is 9.84 Å². The minimum atomic E-state index is -3.36. The SMILES string of the molecule is COc1cccc(S(=O)(=O)CCN(C)CCCc2cc(-c3ccc(F)cc3)n[nH]2)c1. The van der Waals surface area contributed by atoms with Crippen LogP contribution in [0.4, 0.5) is 4.39 Å². The molecule has 0 spiro atoms. The van der Waals surface area contributed by atoms with Crippen molar-refractivity contribution in [3.8, 4) is 17.0 Å². The normalized spacial score (nSPS) is 11.7. The van der Waals surface area contributed by atoms with E-state index in [1.165, 1.54) is 19.2 Å². The first-order valence-corrected chi connectivity index (χ1v) is 11.4. The molecule has 1 N–H and O–H groups in total. The topological polar surface area (TPSA) is 75.3 Å². The first-order chi connectivity index (χ1) is 14.4. The second kappa shape index (κ2) is 9.86. The number of ether oxygens (including phenoxy) is 1. The number of benzene rings is 2. The molecule has 0 amide bonds. The molecule has 160 valence electrons. The van der Waals surface area contributed by atoms with Crippen LogP contribution in [0.25, 0.3) is 11.3 Å². The van der Waals surface area contributed by atoms with Crippen LogP contribution in [0, 0.1) is 5.82 Å². The van der Waals surface area contributed by atoms with Crippen molar-refractivity contribution in [1.29, 1.82) is 0 Å². The lowest BCUT2D eigenvalue weighted by molar-refractivity contribution is 0.347. The fraction of sp³-hybridized carbons (Fsp3) is 0.318. The molecule has 6 nitrogen and oxygen atoms in total. The summed E-state index contributed by atoms with van der Waals surface area (Å²) in [6.45, 7) is 1.21. The molecule has 0 fully saturated rings. The van der Waals surface area contributed by atoms with Gasteiger partial charge in [-0.05, 0) is 75.0 Å². The number of sulfone groups is 1. The van der Waals surface area contributed by atoms with Crippen molar-refractivity contribution in [3.05, 3.63) is 66.1 Å². The minimum Gasteiger partial charge on any atom is -0.497 e. The van der Waals surface area contributed by atoms with Gasteiger partial charge in [0.05, 0.1) is 23.5 Å². The summed E-state index contributed by atoms with van der Waals surface area (Å²) in [6.07, 6.45) is 1.65. The Balaban J connectivity index is 1.46. The first-order valence-electron chi connectivity index (χ1n) is 9.73. The summed E-state index contributed by atoms with van der Waals surface area (Å²) in [5.74, 6) is 0.310. The third-order valence-electron chi connectivity index (χ3n) is 4.90. The van der Waals surface area contributed by atoms with Crippen molar-refractivity contribution in [2.24, 2.45) is 0 Å². The van der Waals surface area contributed by atoms with Gasteiger partial charge in [0.2, 0.25) is 0 Å². The number of rotatable bonds is 10. The third-order valence-corrected chi connectivity index (χ3v) is 6.59. The summed E-state index contributed by atoms with van der Waals surface area (Å²) >= 11 is 0. The Labute approximate surface area is 176 Å². The molecule has 0 saturated carbocycles. The Morgan fingerprint density at radius 2 is 1.87 bits per heavy atom. The quantitative estimate of drug-likeness (QED) is 0.531. The number of aryl methyl sites for hydroxylation is 1. The lowest BCUT2D eigenvalue weighted by Gasteiger charge is -2.16. The van der Waals surface area contributed by atoms with Crippen molar-refractivity contribution < 1.29 is 17.5 Å². The van der Waals surface area contributed by atoms with Crippen LogP contribution in [0.15, 0.2) is 59.5 Å². The predicted molar refractivity (Wildman–Crippen MR) is 115 cm³/mol. The summed E-state index contributed by atoms with van der Waals surface area (Å²) in [5.41, 5.74) is 2.63. The highest BCUT2D eigenvalue weighted by Gasteiger charge is 2.16. The lowest BCUT2D eigenvalue weighted by atomic mass is 10.1. The van der Waals surface area contributed by atoms with Gasteiger partial charge in [-0.2, -0.15) is 5.10 Å². The third kappa shape index (κ3) is 5.90. The Morgan fingerprint density at radius 3 is 2.60 bits per heavy atom. The van der Waals surface area contributed by atoms with Crippen molar-refractivity contribution in [2.45, 2.75) is 17.7 Å². The van der Waals surface area contributed by atoms with Crippen LogP contribution in [-0.4, -0.2) is 56.5 Å². The van der Waals surface area contributed by atoms with Gasteiger partial charge in [0, 0.05) is 17.8 Å². The van der Waals surface area contributed by atoms with Crippen molar-refractivity contribution >= 4 is 9.84 Å². The van der Waals surface area contributed by atoms with Crippen LogP contribution in [0.5, 0.6) is 5.75 Å². The van der Waals surface area contributed by atoms with Gasteiger partial charge in [0.25, 0.3) is 0 Å². The van der Waals surface area contributed by atoms with Crippen LogP contribution in [0.1, 0.15) is 12.1 Å². The molecule has 0 aliphatic heterocycles. The Bertz CT molecular complexity index is 1070. The number of hydrogen-bond acceptors (Lipinski definition) is 5. The molecule has 30 heavy (non-hydrogen) atoms. The Kier molecular flexibility index (Phi) is 7.23. The number of aromatic amines is 1. The van der Waals surface area contributed by atoms with Gasteiger partial charge < -0.3 is 9.64 Å². The van der Waals surface area contributed by atoms with E-state index in [0.29, 0.717) is 12.3 Å². The molecule has 0 radical (unpaired) electrons. The molecule has 0 aliphatic carbocycles. The minimum absolute atomic E-state index is 0.0510. The summed E-state index contributed by atoms with van der Waals surface area (Å²) in [4.78, 5) is 2.29. The lowest BCUT2D eigenvalue weighted by Crippen LogP contribution is -2.27. The zero-order valence-corrected chi connectivity index (χ0v) is 18.0. The zero-order chi connectivity index (χ0) is 21.6. The van der Waals surface area contributed by atoms with Gasteiger partial charge in [-0.3, -0.25) is 5.10 Å². The van der Waals surface area contributed by atoms with E-state index in [1.807, 2.05) is 18.0 Å². The van der Waals surface area contributed by atoms with E-state index in [-0.39, 0.29) is 16.5 Å². The number of halogens is 1. The van der Waals surface area contributed by atoms with E-state index < -0.39 is 9.84 Å². The van der Waals surface area contributed by atoms with Crippen LogP contribution in [-0.2, 0) is 16.3 Å². The number of hydrogen-bond donors (Lipinski definition) is 1. The molecule has 8 heteroatoms. The average Bonchev–Trinajstić information content (AvgIpc) is 3.22. The van der Waals surface area contributed by atoms with Crippen molar-refractivity contribution in [3.63, 3.8) is 0 Å². The van der Waals surface area contributed by atoms with Gasteiger partial charge in [-0.25, -0.2) is 12.8 Å². The van der Waals surface area contributed by atoms with Gasteiger partial charge in [-0.15, -0.1) is 0 Å². The number of nitrogens with zero attached hydrogens (tertiary/aromatic N) is 2. The van der Waals surface area contributed by atoms with E-state index in [2.05, 4.69) is 10.2 Å². The maximum absolute atomic E-state index is 13.0. The largest absolute Gasteiger partial charge is 0.497 e. The second-order valence-corrected chi connectivity index (χ2v) is 9.30. The maximum Gasteiger partial charge on any atom is 0.179 e. The summed E-state index contributed by atoms with van der Waals surface area (Å²) in [6, 6.07) is 14.7. The van der Waals surface area contributed by atoms with Crippen LogP contribution in [0.3, 0.4) is 0 Å². The first kappa shape index (κ1) is 22.0. The smallest absolute Gasteiger partial charge is 0.179 e. The number of aromatic nitrogens is 2. The van der Waals surface area contributed by atoms with E-state index in [0.717, 1.165) is 36.3 Å². The summed E-state index contributed by atoms with van der Waals surface area (Å²) in [7, 11) is 0.0703. The zero-order valence-electron chi connectivity index (χ0n) is 17.1. The molecule has 1 heterocycles. The van der Waals surface area contributed by atoms with E-state index >= 15 is 0 Å². The van der Waals surface area contributed by atoms with Crippen molar-refractivity contribution in [1.82, 2.24) is 15.1 Å². The van der Waals surface area contributed by atoms with E-state index in [1.54, 1.807) is 36.4 Å². The van der Waals surface area contributed by atoms with Crippen LogP contribution in [0.2, 0.25) is 0 Å². The number of methoxy groups -OCH3 is 1. The van der Waals surface area contributed by atoms with Crippen LogP contribution >= 0.6 is 0 Å². The summed E-state index contributed by atoms with van der Waals surface area (Å²) in [5, 5.41) is 7.29. The van der Waals surface area contributed by atoms with E-state index in [4.69, 9.17) is 4.74 Å².